The Hall–Kier alpha value is -0.780. The van der Waals surface area contributed by atoms with E-state index in [1.165, 1.54) is 9.88 Å². The standard InChI is InChI=1S/C12H17N3S2/c1-4-13-10(11-6-16-7-14-11)5-12-15-8(2)9(3)17-12/h6-7,10,13H,4-5H2,1-3H3. The van der Waals surface area contributed by atoms with Crippen LogP contribution in [0.4, 0.5) is 0 Å². The quantitative estimate of drug-likeness (QED) is 0.904. The van der Waals surface area contributed by atoms with Gasteiger partial charge < -0.3 is 5.32 Å². The summed E-state index contributed by atoms with van der Waals surface area (Å²) in [6.45, 7) is 7.27. The van der Waals surface area contributed by atoms with Crippen LogP contribution in [-0.2, 0) is 6.42 Å². The Labute approximate surface area is 110 Å². The molecule has 2 aromatic heterocycles. The molecule has 92 valence electrons. The summed E-state index contributed by atoms with van der Waals surface area (Å²) in [6.07, 6.45) is 0.928. The molecule has 3 nitrogen and oxygen atoms in total. The van der Waals surface area contributed by atoms with Crippen molar-refractivity contribution in [3.63, 3.8) is 0 Å². The van der Waals surface area contributed by atoms with E-state index < -0.39 is 0 Å². The molecule has 0 fully saturated rings. The van der Waals surface area contributed by atoms with Crippen molar-refractivity contribution >= 4 is 22.7 Å². The number of likely N-dealkylation sites (N-methyl/N-ethyl adjacent to an activating group) is 1. The second kappa shape index (κ2) is 5.71. The Morgan fingerprint density at radius 3 is 2.76 bits per heavy atom. The Kier molecular flexibility index (Phi) is 4.25. The second-order valence-corrected chi connectivity index (χ2v) is 5.98. The monoisotopic (exact) mass is 267 g/mol. The summed E-state index contributed by atoms with van der Waals surface area (Å²) in [6, 6.07) is 0.288. The molecule has 2 rings (SSSR count). The third-order valence-electron chi connectivity index (χ3n) is 2.71. The minimum absolute atomic E-state index is 0.288. The molecular formula is C12H17N3S2. The zero-order chi connectivity index (χ0) is 12.3. The highest BCUT2D eigenvalue weighted by atomic mass is 32.1. The number of hydrogen-bond donors (Lipinski definition) is 1. The van der Waals surface area contributed by atoms with Gasteiger partial charge in [-0.2, -0.15) is 0 Å². The smallest absolute Gasteiger partial charge is 0.0950 e. The maximum absolute atomic E-state index is 4.60. The number of aryl methyl sites for hydroxylation is 2. The Balaban J connectivity index is 2.13. The largest absolute Gasteiger partial charge is 0.309 e. The van der Waals surface area contributed by atoms with Crippen LogP contribution >= 0.6 is 22.7 Å². The molecule has 0 aliphatic carbocycles. The van der Waals surface area contributed by atoms with Crippen LogP contribution in [-0.4, -0.2) is 16.5 Å². The van der Waals surface area contributed by atoms with Crippen LogP contribution in [0.1, 0.15) is 34.2 Å². The first-order valence-electron chi connectivity index (χ1n) is 5.75. The van der Waals surface area contributed by atoms with Gasteiger partial charge in [0.25, 0.3) is 0 Å². The lowest BCUT2D eigenvalue weighted by molar-refractivity contribution is 0.538. The summed E-state index contributed by atoms with van der Waals surface area (Å²) >= 11 is 3.43. The van der Waals surface area contributed by atoms with Gasteiger partial charge in [0.1, 0.15) is 0 Å². The van der Waals surface area contributed by atoms with Crippen molar-refractivity contribution in [2.45, 2.75) is 33.2 Å². The normalized spacial score (nSPS) is 12.9. The van der Waals surface area contributed by atoms with E-state index in [0.29, 0.717) is 0 Å². The molecule has 1 N–H and O–H groups in total. The van der Waals surface area contributed by atoms with E-state index in [4.69, 9.17) is 0 Å². The highest BCUT2D eigenvalue weighted by Gasteiger charge is 2.15. The predicted octanol–water partition coefficient (Wildman–Crippen LogP) is 3.11. The Morgan fingerprint density at radius 1 is 1.41 bits per heavy atom. The van der Waals surface area contributed by atoms with E-state index in [1.807, 2.05) is 5.51 Å². The van der Waals surface area contributed by atoms with Crippen LogP contribution in [0.3, 0.4) is 0 Å². The van der Waals surface area contributed by atoms with Crippen molar-refractivity contribution < 1.29 is 0 Å². The SMILES string of the molecule is CCNC(Cc1nc(C)c(C)s1)c1cscn1. The van der Waals surface area contributed by atoms with Crippen LogP contribution in [0.15, 0.2) is 10.9 Å². The summed E-state index contributed by atoms with van der Waals surface area (Å²) in [4.78, 5) is 10.3. The third-order valence-corrected chi connectivity index (χ3v) is 4.41. The van der Waals surface area contributed by atoms with E-state index in [0.717, 1.165) is 24.4 Å². The summed E-state index contributed by atoms with van der Waals surface area (Å²) in [5.41, 5.74) is 4.17. The van der Waals surface area contributed by atoms with Gasteiger partial charge in [-0.3, -0.25) is 0 Å². The summed E-state index contributed by atoms with van der Waals surface area (Å²) in [5.74, 6) is 0. The topological polar surface area (TPSA) is 37.8 Å². The molecule has 0 saturated heterocycles. The van der Waals surface area contributed by atoms with E-state index in [9.17, 15) is 0 Å². The molecule has 0 aliphatic rings. The van der Waals surface area contributed by atoms with E-state index in [1.54, 1.807) is 22.7 Å². The van der Waals surface area contributed by atoms with Crippen molar-refractivity contribution in [2.75, 3.05) is 6.54 Å². The number of rotatable bonds is 5. The van der Waals surface area contributed by atoms with Gasteiger partial charge in [0.15, 0.2) is 0 Å². The molecule has 5 heteroatoms. The third kappa shape index (κ3) is 3.12. The first-order valence-corrected chi connectivity index (χ1v) is 7.51. The lowest BCUT2D eigenvalue weighted by atomic mass is 10.1. The van der Waals surface area contributed by atoms with Crippen molar-refractivity contribution in [1.29, 1.82) is 0 Å². The molecule has 1 atom stereocenters. The van der Waals surface area contributed by atoms with Gasteiger partial charge in [0, 0.05) is 16.7 Å². The number of aromatic nitrogens is 2. The van der Waals surface area contributed by atoms with Crippen LogP contribution in [0.2, 0.25) is 0 Å². The maximum Gasteiger partial charge on any atom is 0.0950 e. The maximum atomic E-state index is 4.60. The first kappa shape index (κ1) is 12.7. The number of nitrogens with zero attached hydrogens (tertiary/aromatic N) is 2. The highest BCUT2D eigenvalue weighted by molar-refractivity contribution is 7.11. The van der Waals surface area contributed by atoms with Gasteiger partial charge in [-0.25, -0.2) is 9.97 Å². The van der Waals surface area contributed by atoms with Crippen LogP contribution < -0.4 is 5.32 Å². The van der Waals surface area contributed by atoms with E-state index in [2.05, 4.69) is 41.4 Å². The molecule has 1 unspecified atom stereocenters. The first-order chi connectivity index (χ1) is 8.20. The van der Waals surface area contributed by atoms with Crippen molar-refractivity contribution in [3.05, 3.63) is 32.2 Å². The van der Waals surface area contributed by atoms with Crippen molar-refractivity contribution in [3.8, 4) is 0 Å². The average molecular weight is 267 g/mol. The lowest BCUT2D eigenvalue weighted by Gasteiger charge is -2.13. The fourth-order valence-electron chi connectivity index (χ4n) is 1.72. The Bertz CT molecular complexity index is 443. The molecule has 0 radical (unpaired) electrons. The van der Waals surface area contributed by atoms with Crippen LogP contribution in [0, 0.1) is 13.8 Å². The molecule has 0 aliphatic heterocycles. The molecule has 2 heterocycles. The molecule has 0 amide bonds. The number of thiazole rings is 2. The molecular weight excluding hydrogens is 250 g/mol. The summed E-state index contributed by atoms with van der Waals surface area (Å²) in [7, 11) is 0. The zero-order valence-corrected chi connectivity index (χ0v) is 12.0. The van der Waals surface area contributed by atoms with E-state index in [-0.39, 0.29) is 6.04 Å². The summed E-state index contributed by atoms with van der Waals surface area (Å²) < 4.78 is 0. The number of nitrogens with one attached hydrogen (secondary N) is 1. The fourth-order valence-corrected chi connectivity index (χ4v) is 3.31. The van der Waals surface area contributed by atoms with Crippen molar-refractivity contribution in [1.82, 2.24) is 15.3 Å². The van der Waals surface area contributed by atoms with Gasteiger partial charge in [0.2, 0.25) is 0 Å². The average Bonchev–Trinajstić information content (AvgIpc) is 2.89. The molecule has 17 heavy (non-hydrogen) atoms. The minimum Gasteiger partial charge on any atom is -0.309 e. The predicted molar refractivity (Wildman–Crippen MR) is 73.8 cm³/mol. The fraction of sp³-hybridized carbons (Fsp3) is 0.500. The zero-order valence-electron chi connectivity index (χ0n) is 10.4. The molecule has 0 bridgehead atoms. The summed E-state index contributed by atoms with van der Waals surface area (Å²) in [5, 5.41) is 6.78. The number of hydrogen-bond acceptors (Lipinski definition) is 5. The molecule has 0 aromatic carbocycles. The van der Waals surface area contributed by atoms with Crippen LogP contribution in [0.5, 0.6) is 0 Å². The van der Waals surface area contributed by atoms with Gasteiger partial charge >= 0.3 is 0 Å². The highest BCUT2D eigenvalue weighted by Crippen LogP contribution is 2.23. The van der Waals surface area contributed by atoms with Crippen LogP contribution in [0.25, 0.3) is 0 Å². The van der Waals surface area contributed by atoms with E-state index >= 15 is 0 Å². The Morgan fingerprint density at radius 2 is 2.24 bits per heavy atom. The van der Waals surface area contributed by atoms with Crippen molar-refractivity contribution in [2.24, 2.45) is 0 Å². The van der Waals surface area contributed by atoms with Gasteiger partial charge in [-0.1, -0.05) is 6.92 Å². The van der Waals surface area contributed by atoms with Gasteiger partial charge in [0.05, 0.1) is 27.9 Å². The van der Waals surface area contributed by atoms with Gasteiger partial charge in [-0.15, -0.1) is 22.7 Å². The minimum atomic E-state index is 0.288. The second-order valence-electron chi connectivity index (χ2n) is 3.98. The molecule has 0 saturated carbocycles. The lowest BCUT2D eigenvalue weighted by Crippen LogP contribution is -2.23. The molecule has 0 spiro atoms. The molecule has 2 aromatic rings. The van der Waals surface area contributed by atoms with Gasteiger partial charge in [-0.05, 0) is 20.4 Å².